The molecule has 0 aliphatic carbocycles. The maximum atomic E-state index is 5.48. The van der Waals surface area contributed by atoms with Crippen LogP contribution >= 0.6 is 11.3 Å². The summed E-state index contributed by atoms with van der Waals surface area (Å²) in [6.07, 6.45) is 0. The highest BCUT2D eigenvalue weighted by molar-refractivity contribution is 7.11. The molecule has 3 nitrogen and oxygen atoms in total. The van der Waals surface area contributed by atoms with Gasteiger partial charge in [-0.3, -0.25) is 0 Å². The molecule has 0 amide bonds. The fourth-order valence-electron chi connectivity index (χ4n) is 1.62. The molecular weight excluding hydrogens is 220 g/mol. The smallest absolute Gasteiger partial charge is 0.117 e. The Kier molecular flexibility index (Phi) is 3.41. The molecule has 16 heavy (non-hydrogen) atoms. The van der Waals surface area contributed by atoms with Crippen LogP contribution in [0.4, 0.5) is 0 Å². The molecule has 4 heteroatoms. The Labute approximate surface area is 99.5 Å². The molecule has 0 saturated carbocycles. The van der Waals surface area contributed by atoms with E-state index in [0.29, 0.717) is 0 Å². The lowest BCUT2D eigenvalue weighted by atomic mass is 10.3. The number of aryl methyl sites for hydroxylation is 3. The highest BCUT2D eigenvalue weighted by atomic mass is 32.1. The molecule has 0 radical (unpaired) electrons. The second kappa shape index (κ2) is 4.80. The van der Waals surface area contributed by atoms with Crippen molar-refractivity contribution >= 4 is 11.3 Å². The van der Waals surface area contributed by atoms with E-state index < -0.39 is 0 Å². The Morgan fingerprint density at radius 3 is 2.62 bits per heavy atom. The van der Waals surface area contributed by atoms with Gasteiger partial charge in [-0.05, 0) is 32.9 Å². The maximum absolute atomic E-state index is 5.48. The highest BCUT2D eigenvalue weighted by Crippen LogP contribution is 2.16. The molecule has 0 aliphatic rings. The summed E-state index contributed by atoms with van der Waals surface area (Å²) >= 11 is 1.75. The Bertz CT molecular complexity index is 473. The summed E-state index contributed by atoms with van der Waals surface area (Å²) in [5, 5.41) is 4.49. The highest BCUT2D eigenvalue weighted by Gasteiger charge is 2.04. The minimum Gasteiger partial charge on any atom is -0.465 e. The third-order valence-corrected chi connectivity index (χ3v) is 3.45. The topological polar surface area (TPSA) is 38.1 Å². The van der Waals surface area contributed by atoms with Crippen LogP contribution in [-0.4, -0.2) is 4.98 Å². The molecule has 0 bridgehead atoms. The monoisotopic (exact) mass is 236 g/mol. The van der Waals surface area contributed by atoms with Gasteiger partial charge in [0.25, 0.3) is 0 Å². The number of hydrogen-bond donors (Lipinski definition) is 1. The van der Waals surface area contributed by atoms with Crippen LogP contribution in [0.1, 0.15) is 27.1 Å². The normalized spacial score (nSPS) is 10.9. The Balaban J connectivity index is 1.86. The molecule has 0 atom stereocenters. The van der Waals surface area contributed by atoms with Gasteiger partial charge in [0, 0.05) is 11.4 Å². The van der Waals surface area contributed by atoms with E-state index >= 15 is 0 Å². The van der Waals surface area contributed by atoms with Crippen LogP contribution in [0.3, 0.4) is 0 Å². The molecule has 0 unspecified atom stereocenters. The van der Waals surface area contributed by atoms with Gasteiger partial charge in [0.1, 0.15) is 11.5 Å². The van der Waals surface area contributed by atoms with Crippen LogP contribution in [0.15, 0.2) is 16.5 Å². The van der Waals surface area contributed by atoms with E-state index in [9.17, 15) is 0 Å². The standard InChI is InChI=1S/C12H16N2OS/c1-8-4-5-11(15-8)6-13-7-12-9(2)14-10(3)16-12/h4-5,13H,6-7H2,1-3H3. The summed E-state index contributed by atoms with van der Waals surface area (Å²) in [5.41, 5.74) is 1.13. The minimum absolute atomic E-state index is 0.768. The van der Waals surface area contributed by atoms with Crippen molar-refractivity contribution in [3.8, 4) is 0 Å². The number of thiazole rings is 1. The zero-order chi connectivity index (χ0) is 11.5. The lowest BCUT2D eigenvalue weighted by Gasteiger charge is -2.00. The Morgan fingerprint density at radius 1 is 1.25 bits per heavy atom. The molecule has 0 saturated heterocycles. The summed E-state index contributed by atoms with van der Waals surface area (Å²) in [4.78, 5) is 5.70. The van der Waals surface area contributed by atoms with Crippen LogP contribution in [-0.2, 0) is 13.1 Å². The molecule has 0 fully saturated rings. The SMILES string of the molecule is Cc1ccc(CNCc2sc(C)nc2C)o1. The van der Waals surface area contributed by atoms with Crippen molar-refractivity contribution in [1.82, 2.24) is 10.3 Å². The first-order valence-electron chi connectivity index (χ1n) is 5.34. The number of aromatic nitrogens is 1. The van der Waals surface area contributed by atoms with Gasteiger partial charge >= 0.3 is 0 Å². The molecule has 0 aromatic carbocycles. The summed E-state index contributed by atoms with van der Waals surface area (Å²) in [7, 11) is 0. The summed E-state index contributed by atoms with van der Waals surface area (Å²) in [5.74, 6) is 1.94. The van der Waals surface area contributed by atoms with Gasteiger partial charge in [0.15, 0.2) is 0 Å². The average molecular weight is 236 g/mol. The predicted octanol–water partition coefficient (Wildman–Crippen LogP) is 2.95. The number of furan rings is 1. The van der Waals surface area contributed by atoms with Crippen LogP contribution in [0.5, 0.6) is 0 Å². The van der Waals surface area contributed by atoms with Crippen LogP contribution < -0.4 is 5.32 Å². The molecule has 86 valence electrons. The van der Waals surface area contributed by atoms with Crippen molar-refractivity contribution in [3.05, 3.63) is 39.2 Å². The minimum atomic E-state index is 0.768. The molecule has 2 rings (SSSR count). The van der Waals surface area contributed by atoms with Gasteiger partial charge in [-0.15, -0.1) is 11.3 Å². The summed E-state index contributed by atoms with van der Waals surface area (Å²) in [6.45, 7) is 7.68. The third-order valence-electron chi connectivity index (χ3n) is 2.38. The fourth-order valence-corrected chi connectivity index (χ4v) is 2.52. The lowest BCUT2D eigenvalue weighted by Crippen LogP contribution is -2.11. The van der Waals surface area contributed by atoms with Gasteiger partial charge in [0.05, 0.1) is 17.2 Å². The van der Waals surface area contributed by atoms with Crippen LogP contribution in [0.2, 0.25) is 0 Å². The first-order chi connectivity index (χ1) is 7.65. The van der Waals surface area contributed by atoms with E-state index in [0.717, 1.165) is 35.3 Å². The van der Waals surface area contributed by atoms with Gasteiger partial charge in [-0.1, -0.05) is 0 Å². The van der Waals surface area contributed by atoms with E-state index in [-0.39, 0.29) is 0 Å². The molecule has 0 spiro atoms. The quantitative estimate of drug-likeness (QED) is 0.887. The largest absolute Gasteiger partial charge is 0.465 e. The molecule has 2 aromatic rings. The van der Waals surface area contributed by atoms with Crippen LogP contribution in [0, 0.1) is 20.8 Å². The lowest BCUT2D eigenvalue weighted by molar-refractivity contribution is 0.462. The first-order valence-corrected chi connectivity index (χ1v) is 6.16. The summed E-state index contributed by atoms with van der Waals surface area (Å²) in [6, 6.07) is 3.99. The second-order valence-electron chi connectivity index (χ2n) is 3.86. The number of hydrogen-bond acceptors (Lipinski definition) is 4. The predicted molar refractivity (Wildman–Crippen MR) is 65.6 cm³/mol. The molecule has 1 N–H and O–H groups in total. The van der Waals surface area contributed by atoms with E-state index in [1.807, 2.05) is 26.0 Å². The van der Waals surface area contributed by atoms with Crippen molar-refractivity contribution in [2.75, 3.05) is 0 Å². The van der Waals surface area contributed by atoms with Crippen molar-refractivity contribution in [2.45, 2.75) is 33.9 Å². The first kappa shape index (κ1) is 11.4. The Morgan fingerprint density at radius 2 is 2.06 bits per heavy atom. The average Bonchev–Trinajstić information content (AvgIpc) is 2.74. The maximum Gasteiger partial charge on any atom is 0.117 e. The number of nitrogens with one attached hydrogen (secondary N) is 1. The van der Waals surface area contributed by atoms with Crippen molar-refractivity contribution in [2.24, 2.45) is 0 Å². The number of rotatable bonds is 4. The van der Waals surface area contributed by atoms with E-state index in [4.69, 9.17) is 4.42 Å². The zero-order valence-electron chi connectivity index (χ0n) is 9.83. The zero-order valence-corrected chi connectivity index (χ0v) is 10.6. The van der Waals surface area contributed by atoms with Gasteiger partial charge < -0.3 is 9.73 Å². The summed E-state index contributed by atoms with van der Waals surface area (Å²) < 4.78 is 5.48. The molecule has 2 heterocycles. The van der Waals surface area contributed by atoms with Gasteiger partial charge in [-0.25, -0.2) is 4.98 Å². The van der Waals surface area contributed by atoms with Crippen molar-refractivity contribution in [1.29, 1.82) is 0 Å². The van der Waals surface area contributed by atoms with Crippen LogP contribution in [0.25, 0.3) is 0 Å². The van der Waals surface area contributed by atoms with Gasteiger partial charge in [-0.2, -0.15) is 0 Å². The van der Waals surface area contributed by atoms with E-state index in [1.54, 1.807) is 11.3 Å². The van der Waals surface area contributed by atoms with E-state index in [2.05, 4.69) is 17.2 Å². The fraction of sp³-hybridized carbons (Fsp3) is 0.417. The van der Waals surface area contributed by atoms with Gasteiger partial charge in [0.2, 0.25) is 0 Å². The molecular formula is C12H16N2OS. The molecule has 2 aromatic heterocycles. The molecule has 0 aliphatic heterocycles. The van der Waals surface area contributed by atoms with E-state index in [1.165, 1.54) is 4.88 Å². The van der Waals surface area contributed by atoms with Crippen molar-refractivity contribution in [3.63, 3.8) is 0 Å². The second-order valence-corrected chi connectivity index (χ2v) is 5.15. The van der Waals surface area contributed by atoms with Crippen molar-refractivity contribution < 1.29 is 4.42 Å². The third kappa shape index (κ3) is 2.71. The number of nitrogens with zero attached hydrogens (tertiary/aromatic N) is 1. The Hall–Kier alpha value is -1.13.